The fraction of sp³-hybridized carbons (Fsp3) is 0.316. The number of aryl methyl sites for hydroxylation is 4. The molecule has 5 aromatic rings. The fourth-order valence-electron chi connectivity index (χ4n) is 7.31. The Bertz CT molecular complexity index is 2630. The standard InChI is InChI=1S/C38H41F3N6O8P2S2/c1-19-8-10-27(21(3)14-19)56(52,54-6)46-26-16-29(59-33(26)36(50)51)31-22(4)43-44-24(31)12-13-37(5)17-20(2)9-11-30(37)57(53,55-7)47-25-15-28(58-32(25)35(48)49)23-18-42-45-34(23)38(39,40)41/h8-11,14-16,18H,12-13,17H2,1-7H3,(H,42,45)(H,43,44)(H,46,52)(H,47,53)(H,48,49)(H,50,51). The first-order chi connectivity index (χ1) is 27.6. The Morgan fingerprint density at radius 3 is 2.12 bits per heavy atom. The van der Waals surface area contributed by atoms with E-state index in [1.165, 1.54) is 20.3 Å². The van der Waals surface area contributed by atoms with Crippen molar-refractivity contribution < 1.29 is 51.2 Å². The van der Waals surface area contributed by atoms with Crippen molar-refractivity contribution in [1.29, 1.82) is 0 Å². The first kappa shape index (κ1) is 43.8. The number of benzene rings is 1. The van der Waals surface area contributed by atoms with Crippen molar-refractivity contribution >= 4 is 66.3 Å². The molecule has 6 N–H and O–H groups in total. The molecule has 4 aromatic heterocycles. The number of H-pyrrole nitrogens is 2. The van der Waals surface area contributed by atoms with E-state index in [0.29, 0.717) is 62.2 Å². The van der Waals surface area contributed by atoms with Crippen LogP contribution in [0.2, 0.25) is 0 Å². The highest BCUT2D eigenvalue weighted by molar-refractivity contribution is 7.68. The summed E-state index contributed by atoms with van der Waals surface area (Å²) in [5, 5.41) is 39.6. The van der Waals surface area contributed by atoms with Gasteiger partial charge in [0.2, 0.25) is 0 Å². The maximum absolute atomic E-state index is 14.9. The molecule has 21 heteroatoms. The minimum absolute atomic E-state index is 0.0699. The molecular formula is C38H41F3N6O8P2S2. The predicted molar refractivity (Wildman–Crippen MR) is 222 cm³/mol. The van der Waals surface area contributed by atoms with Gasteiger partial charge in [0.05, 0.1) is 28.6 Å². The van der Waals surface area contributed by atoms with Crippen LogP contribution < -0.4 is 15.5 Å². The topological polar surface area (TPSA) is 209 Å². The SMILES string of the molecule is COP(=O)(Nc1cc(-c2cn[nH]c2C(F)(F)F)sc1C(=O)O)C1=CC=C(C)CC1(C)CCc1n[nH]c(C)c1-c1cc(NP(=O)(OC)c2ccc(C)cc2C)c(C(=O)O)s1. The van der Waals surface area contributed by atoms with Gasteiger partial charge in [0, 0.05) is 51.5 Å². The largest absolute Gasteiger partial charge is 0.477 e. The van der Waals surface area contributed by atoms with E-state index in [1.54, 1.807) is 44.2 Å². The summed E-state index contributed by atoms with van der Waals surface area (Å²) in [5.41, 5.74) is 1.96. The molecule has 59 heavy (non-hydrogen) atoms. The quantitative estimate of drug-likeness (QED) is 0.0543. The highest BCUT2D eigenvalue weighted by atomic mass is 32.1. The molecule has 3 unspecified atom stereocenters. The summed E-state index contributed by atoms with van der Waals surface area (Å²) < 4.78 is 81.4. The lowest BCUT2D eigenvalue weighted by atomic mass is 9.76. The van der Waals surface area contributed by atoms with Crippen molar-refractivity contribution in [3.63, 3.8) is 0 Å². The van der Waals surface area contributed by atoms with E-state index in [4.69, 9.17) is 9.05 Å². The highest BCUT2D eigenvalue weighted by Gasteiger charge is 2.44. The molecule has 0 saturated carbocycles. The number of rotatable bonds is 15. The van der Waals surface area contributed by atoms with E-state index < -0.39 is 44.3 Å². The lowest BCUT2D eigenvalue weighted by Crippen LogP contribution is -2.25. The number of carboxylic acid groups (broad SMARTS) is 2. The Labute approximate surface area is 345 Å². The smallest absolute Gasteiger partial charge is 0.433 e. The second-order valence-electron chi connectivity index (χ2n) is 14.4. The van der Waals surface area contributed by atoms with Gasteiger partial charge in [0.25, 0.3) is 0 Å². The monoisotopic (exact) mass is 892 g/mol. The van der Waals surface area contributed by atoms with Crippen LogP contribution in [0.15, 0.2) is 59.6 Å². The van der Waals surface area contributed by atoms with Crippen LogP contribution in [0.4, 0.5) is 24.5 Å². The minimum Gasteiger partial charge on any atom is -0.477 e. The number of allylic oxidation sites excluding steroid dienone is 4. The lowest BCUT2D eigenvalue weighted by molar-refractivity contribution is -0.140. The van der Waals surface area contributed by atoms with Crippen molar-refractivity contribution in [2.75, 3.05) is 24.4 Å². The van der Waals surface area contributed by atoms with E-state index in [0.717, 1.165) is 28.7 Å². The Hall–Kier alpha value is -4.77. The van der Waals surface area contributed by atoms with E-state index >= 15 is 0 Å². The zero-order valence-corrected chi connectivity index (χ0v) is 36.2. The number of nitrogens with zero attached hydrogens (tertiary/aromatic N) is 2. The molecule has 0 spiro atoms. The predicted octanol–water partition coefficient (Wildman–Crippen LogP) is 10.6. The summed E-state index contributed by atoms with van der Waals surface area (Å²) in [5.74, 6) is -2.69. The Morgan fingerprint density at radius 2 is 1.53 bits per heavy atom. The van der Waals surface area contributed by atoms with Gasteiger partial charge in [-0.05, 0) is 70.7 Å². The van der Waals surface area contributed by atoms with Crippen LogP contribution in [0.5, 0.6) is 0 Å². The van der Waals surface area contributed by atoms with E-state index in [9.17, 15) is 42.1 Å². The summed E-state index contributed by atoms with van der Waals surface area (Å²) in [6.07, 6.45) is 0.606. The molecule has 0 amide bonds. The third-order valence-corrected chi connectivity index (χ3v) is 16.9. The average molecular weight is 893 g/mol. The van der Waals surface area contributed by atoms with Crippen LogP contribution in [-0.2, 0) is 30.8 Å². The van der Waals surface area contributed by atoms with Crippen molar-refractivity contribution in [2.45, 2.75) is 60.1 Å². The maximum Gasteiger partial charge on any atom is 0.433 e. The van der Waals surface area contributed by atoms with Gasteiger partial charge in [-0.1, -0.05) is 42.3 Å². The molecule has 0 radical (unpaired) electrons. The Morgan fingerprint density at radius 1 is 0.915 bits per heavy atom. The van der Waals surface area contributed by atoms with Crippen molar-refractivity contribution in [3.05, 3.63) is 97.5 Å². The third-order valence-electron chi connectivity index (χ3n) is 10.1. The average Bonchev–Trinajstić information content (AvgIpc) is 3.96. The molecule has 14 nitrogen and oxygen atoms in total. The van der Waals surface area contributed by atoms with Gasteiger partial charge < -0.3 is 29.4 Å². The zero-order chi connectivity index (χ0) is 43.2. The van der Waals surface area contributed by atoms with Crippen LogP contribution in [0.25, 0.3) is 20.9 Å². The molecule has 0 aliphatic heterocycles. The molecule has 3 atom stereocenters. The van der Waals surface area contributed by atoms with E-state index in [1.807, 2.05) is 31.9 Å². The second-order valence-corrected chi connectivity index (χ2v) is 20.9. The van der Waals surface area contributed by atoms with Crippen LogP contribution in [0.1, 0.15) is 74.2 Å². The van der Waals surface area contributed by atoms with Crippen LogP contribution >= 0.6 is 37.7 Å². The highest BCUT2D eigenvalue weighted by Crippen LogP contribution is 2.64. The van der Waals surface area contributed by atoms with Gasteiger partial charge >= 0.3 is 33.2 Å². The molecule has 1 aromatic carbocycles. The Balaban J connectivity index is 1.32. The van der Waals surface area contributed by atoms with Gasteiger partial charge in [0.15, 0.2) is 0 Å². The molecule has 0 saturated heterocycles. The summed E-state index contributed by atoms with van der Waals surface area (Å²) in [6, 6.07) is 8.13. The molecule has 0 fully saturated rings. The fourth-order valence-corrected chi connectivity index (χ4v) is 13.3. The summed E-state index contributed by atoms with van der Waals surface area (Å²) in [7, 11) is -5.44. The Kier molecular flexibility index (Phi) is 12.1. The summed E-state index contributed by atoms with van der Waals surface area (Å²) >= 11 is 1.54. The van der Waals surface area contributed by atoms with Gasteiger partial charge in [-0.2, -0.15) is 23.4 Å². The second kappa shape index (κ2) is 16.4. The molecule has 1 aliphatic carbocycles. The number of halogens is 3. The normalized spacial score (nSPS) is 17.8. The number of anilines is 2. The third kappa shape index (κ3) is 8.63. The number of thiophene rings is 2. The number of aromatic amines is 2. The first-order valence-corrected chi connectivity index (χ1v) is 22.7. The first-order valence-electron chi connectivity index (χ1n) is 17.9. The molecule has 1 aliphatic rings. The number of hydrogen-bond donors (Lipinski definition) is 6. The number of aromatic nitrogens is 4. The molecule has 0 bridgehead atoms. The summed E-state index contributed by atoms with van der Waals surface area (Å²) in [6.45, 7) is 9.27. The number of aromatic carboxylic acids is 2. The van der Waals surface area contributed by atoms with Crippen LogP contribution in [0.3, 0.4) is 0 Å². The minimum atomic E-state index is -4.80. The molecule has 314 valence electrons. The maximum atomic E-state index is 14.9. The number of alkyl halides is 3. The summed E-state index contributed by atoms with van der Waals surface area (Å²) in [4.78, 5) is 24.9. The van der Waals surface area contributed by atoms with Gasteiger partial charge in [0.1, 0.15) is 15.4 Å². The molecule has 6 rings (SSSR count). The molecule has 4 heterocycles. The number of carbonyl (C=O) groups is 2. The molecular weight excluding hydrogens is 852 g/mol. The van der Waals surface area contributed by atoms with E-state index in [2.05, 4.69) is 25.5 Å². The van der Waals surface area contributed by atoms with Crippen LogP contribution in [0, 0.1) is 26.2 Å². The van der Waals surface area contributed by atoms with Gasteiger partial charge in [-0.25, -0.2) is 9.59 Å². The number of nitrogens with one attached hydrogen (secondary N) is 4. The number of hydrogen-bond acceptors (Lipinski definition) is 10. The van der Waals surface area contributed by atoms with Gasteiger partial charge in [-0.15, -0.1) is 22.7 Å². The van der Waals surface area contributed by atoms with Crippen molar-refractivity contribution in [2.24, 2.45) is 5.41 Å². The van der Waals surface area contributed by atoms with Gasteiger partial charge in [-0.3, -0.25) is 19.3 Å². The van der Waals surface area contributed by atoms with E-state index in [-0.39, 0.29) is 38.0 Å². The zero-order valence-electron chi connectivity index (χ0n) is 32.8. The van der Waals surface area contributed by atoms with Crippen molar-refractivity contribution in [1.82, 2.24) is 20.4 Å². The van der Waals surface area contributed by atoms with Crippen molar-refractivity contribution in [3.8, 4) is 20.9 Å². The lowest BCUT2D eigenvalue weighted by Gasteiger charge is -2.38. The van der Waals surface area contributed by atoms with Crippen LogP contribution in [-0.4, -0.2) is 56.8 Å². The number of carboxylic acids is 2.